The van der Waals surface area contributed by atoms with Gasteiger partial charge in [0.2, 0.25) is 5.91 Å². The second-order valence-electron chi connectivity index (χ2n) is 5.55. The predicted molar refractivity (Wildman–Crippen MR) is 84.0 cm³/mol. The molecule has 1 N–H and O–H groups in total. The average Bonchev–Trinajstić information content (AvgIpc) is 3.14. The third-order valence-corrected chi connectivity index (χ3v) is 4.02. The van der Waals surface area contributed by atoms with E-state index in [9.17, 15) is 4.79 Å². The molecule has 6 nitrogen and oxygen atoms in total. The summed E-state index contributed by atoms with van der Waals surface area (Å²) in [4.78, 5) is 14.4. The summed E-state index contributed by atoms with van der Waals surface area (Å²) in [5.74, 6) is -0.0188. The van der Waals surface area contributed by atoms with Crippen molar-refractivity contribution in [3.05, 3.63) is 42.7 Å². The number of hydrogen-bond donors (Lipinski definition) is 1. The van der Waals surface area contributed by atoms with Gasteiger partial charge in [-0.15, -0.1) is 0 Å². The molecule has 3 rings (SSSR count). The predicted octanol–water partition coefficient (Wildman–Crippen LogP) is 1.53. The number of rotatable bonds is 4. The Labute approximate surface area is 129 Å². The first-order chi connectivity index (χ1) is 10.7. The molecular weight excluding hydrogens is 280 g/mol. The highest BCUT2D eigenvalue weighted by Gasteiger charge is 2.34. The lowest BCUT2D eigenvalue weighted by Crippen LogP contribution is -2.36. The third kappa shape index (κ3) is 3.03. The normalized spacial score (nSPS) is 21.9. The van der Waals surface area contributed by atoms with Crippen LogP contribution in [0.25, 0.3) is 5.69 Å². The maximum atomic E-state index is 12.4. The number of nitrogens with one attached hydrogen (secondary N) is 1. The van der Waals surface area contributed by atoms with Gasteiger partial charge >= 0.3 is 0 Å². The fourth-order valence-electron chi connectivity index (χ4n) is 2.76. The van der Waals surface area contributed by atoms with E-state index >= 15 is 0 Å². The molecule has 1 fully saturated rings. The number of likely N-dealkylation sites (N-methyl/N-ethyl adjacent to an activating group) is 1. The van der Waals surface area contributed by atoms with E-state index in [1.807, 2.05) is 48.5 Å². The molecule has 22 heavy (non-hydrogen) atoms. The molecule has 1 amide bonds. The Hall–Kier alpha value is -2.18. The van der Waals surface area contributed by atoms with Crippen molar-refractivity contribution in [2.24, 2.45) is 0 Å². The molecule has 0 aliphatic carbocycles. The van der Waals surface area contributed by atoms with Crippen molar-refractivity contribution in [3.63, 3.8) is 0 Å². The molecule has 0 bridgehead atoms. The molecule has 0 saturated carbocycles. The second-order valence-corrected chi connectivity index (χ2v) is 5.55. The fourth-order valence-corrected chi connectivity index (χ4v) is 2.76. The summed E-state index contributed by atoms with van der Waals surface area (Å²) in [6, 6.07) is 9.63. The number of aromatic nitrogens is 2. The zero-order valence-electron chi connectivity index (χ0n) is 12.8. The van der Waals surface area contributed by atoms with Crippen molar-refractivity contribution in [3.8, 4) is 5.69 Å². The smallest absolute Gasteiger partial charge is 0.241 e. The van der Waals surface area contributed by atoms with Crippen LogP contribution in [0.15, 0.2) is 42.7 Å². The molecular formula is C16H20N4O2. The number of benzene rings is 1. The molecule has 2 heterocycles. The number of para-hydroxylation sites is 1. The van der Waals surface area contributed by atoms with E-state index < -0.39 is 0 Å². The Morgan fingerprint density at radius 2 is 2.14 bits per heavy atom. The van der Waals surface area contributed by atoms with Gasteiger partial charge in [0.25, 0.3) is 0 Å². The molecule has 2 atom stereocenters. The van der Waals surface area contributed by atoms with Crippen molar-refractivity contribution < 1.29 is 9.53 Å². The van der Waals surface area contributed by atoms with Gasteiger partial charge in [-0.25, -0.2) is 4.68 Å². The molecule has 6 heteroatoms. The lowest BCUT2D eigenvalue weighted by molar-refractivity contribution is -0.120. The van der Waals surface area contributed by atoms with Gasteiger partial charge in [-0.3, -0.25) is 9.69 Å². The van der Waals surface area contributed by atoms with Crippen LogP contribution in [0, 0.1) is 0 Å². The lowest BCUT2D eigenvalue weighted by atomic mass is 10.2. The molecule has 0 unspecified atom stereocenters. The number of amides is 1. The first-order valence-electron chi connectivity index (χ1n) is 7.31. The van der Waals surface area contributed by atoms with E-state index in [0.717, 1.165) is 12.2 Å². The van der Waals surface area contributed by atoms with Gasteiger partial charge in [-0.1, -0.05) is 18.2 Å². The standard InChI is InChI=1S/C16H20N4O2/c1-19-11-14(22-2)8-15(19)16(21)18-12-9-17-20(10-12)13-6-4-3-5-7-13/h3-7,9-10,14-15H,8,11H2,1-2H3,(H,18,21)/t14-,15-/m0/s1. The van der Waals surface area contributed by atoms with Gasteiger partial charge in [0, 0.05) is 13.7 Å². The molecule has 1 aromatic carbocycles. The Kier molecular flexibility index (Phi) is 4.22. The van der Waals surface area contributed by atoms with Crippen LogP contribution in [0.1, 0.15) is 6.42 Å². The quantitative estimate of drug-likeness (QED) is 0.930. The molecule has 2 aromatic rings. The van der Waals surface area contributed by atoms with E-state index in [-0.39, 0.29) is 18.1 Å². The van der Waals surface area contributed by atoms with Crippen LogP contribution in [0.2, 0.25) is 0 Å². The van der Waals surface area contributed by atoms with Crippen LogP contribution in [-0.2, 0) is 9.53 Å². The molecule has 1 aromatic heterocycles. The fraction of sp³-hybridized carbons (Fsp3) is 0.375. The topological polar surface area (TPSA) is 59.4 Å². The highest BCUT2D eigenvalue weighted by molar-refractivity contribution is 5.94. The van der Waals surface area contributed by atoms with Crippen LogP contribution in [0.3, 0.4) is 0 Å². The number of ether oxygens (including phenoxy) is 1. The Morgan fingerprint density at radius 3 is 2.82 bits per heavy atom. The SMILES string of the molecule is CO[C@H]1C[C@@H](C(=O)Nc2cnn(-c3ccccc3)c2)N(C)C1. The second kappa shape index (κ2) is 6.29. The summed E-state index contributed by atoms with van der Waals surface area (Å²) in [5.41, 5.74) is 1.66. The average molecular weight is 300 g/mol. The highest BCUT2D eigenvalue weighted by atomic mass is 16.5. The molecule has 0 spiro atoms. The summed E-state index contributed by atoms with van der Waals surface area (Å²) >= 11 is 0. The summed E-state index contributed by atoms with van der Waals surface area (Å²) in [7, 11) is 3.62. The van der Waals surface area contributed by atoms with Crippen LogP contribution < -0.4 is 5.32 Å². The minimum Gasteiger partial charge on any atom is -0.380 e. The summed E-state index contributed by atoms with van der Waals surface area (Å²) in [5, 5.41) is 7.21. The lowest BCUT2D eigenvalue weighted by Gasteiger charge is -2.17. The number of hydrogen-bond acceptors (Lipinski definition) is 4. The molecule has 0 radical (unpaired) electrons. The van der Waals surface area contributed by atoms with E-state index in [0.29, 0.717) is 12.1 Å². The molecule has 1 saturated heterocycles. The van der Waals surface area contributed by atoms with Gasteiger partial charge in [0.1, 0.15) is 0 Å². The summed E-state index contributed by atoms with van der Waals surface area (Å²) in [6.45, 7) is 0.776. The Balaban J connectivity index is 1.67. The molecule has 116 valence electrons. The van der Waals surface area contributed by atoms with Crippen molar-refractivity contribution in [1.82, 2.24) is 14.7 Å². The number of likely N-dealkylation sites (tertiary alicyclic amines) is 1. The van der Waals surface area contributed by atoms with Crippen LogP contribution in [0.5, 0.6) is 0 Å². The molecule has 1 aliphatic rings. The zero-order valence-corrected chi connectivity index (χ0v) is 12.8. The number of nitrogens with zero attached hydrogens (tertiary/aromatic N) is 3. The van der Waals surface area contributed by atoms with Gasteiger partial charge < -0.3 is 10.1 Å². The minimum absolute atomic E-state index is 0.0188. The van der Waals surface area contributed by atoms with Crippen molar-refractivity contribution in [2.45, 2.75) is 18.6 Å². The van der Waals surface area contributed by atoms with Gasteiger partial charge in [0.15, 0.2) is 0 Å². The molecule has 1 aliphatic heterocycles. The number of carbonyl (C=O) groups is 1. The Morgan fingerprint density at radius 1 is 1.36 bits per heavy atom. The largest absolute Gasteiger partial charge is 0.380 e. The number of carbonyl (C=O) groups excluding carboxylic acids is 1. The van der Waals surface area contributed by atoms with Crippen LogP contribution in [0.4, 0.5) is 5.69 Å². The number of anilines is 1. The maximum absolute atomic E-state index is 12.4. The van der Waals surface area contributed by atoms with Gasteiger partial charge in [-0.05, 0) is 25.6 Å². The van der Waals surface area contributed by atoms with E-state index in [2.05, 4.69) is 10.4 Å². The number of methoxy groups -OCH3 is 1. The van der Waals surface area contributed by atoms with Gasteiger partial charge in [0.05, 0.1) is 35.9 Å². The summed E-state index contributed by atoms with van der Waals surface area (Å²) in [6.07, 6.45) is 4.31. The van der Waals surface area contributed by atoms with Crippen molar-refractivity contribution in [1.29, 1.82) is 0 Å². The third-order valence-electron chi connectivity index (χ3n) is 4.02. The minimum atomic E-state index is -0.162. The first-order valence-corrected chi connectivity index (χ1v) is 7.31. The van der Waals surface area contributed by atoms with E-state index in [1.165, 1.54) is 0 Å². The highest BCUT2D eigenvalue weighted by Crippen LogP contribution is 2.20. The van der Waals surface area contributed by atoms with Crippen molar-refractivity contribution >= 4 is 11.6 Å². The zero-order chi connectivity index (χ0) is 15.5. The van der Waals surface area contributed by atoms with Crippen LogP contribution in [-0.4, -0.2) is 53.4 Å². The maximum Gasteiger partial charge on any atom is 0.241 e. The van der Waals surface area contributed by atoms with E-state index in [4.69, 9.17) is 4.74 Å². The monoisotopic (exact) mass is 300 g/mol. The van der Waals surface area contributed by atoms with Gasteiger partial charge in [-0.2, -0.15) is 5.10 Å². The first kappa shape index (κ1) is 14.7. The van der Waals surface area contributed by atoms with Crippen LogP contribution >= 0.6 is 0 Å². The van der Waals surface area contributed by atoms with Crippen molar-refractivity contribution in [2.75, 3.05) is 26.0 Å². The summed E-state index contributed by atoms with van der Waals surface area (Å²) < 4.78 is 7.08. The van der Waals surface area contributed by atoms with E-state index in [1.54, 1.807) is 18.0 Å². The Bertz CT molecular complexity index is 641.